The zero-order valence-electron chi connectivity index (χ0n) is 13.2. The Morgan fingerprint density at radius 3 is 2.72 bits per heavy atom. The van der Waals surface area contributed by atoms with Gasteiger partial charge in [0.15, 0.2) is 6.61 Å². The maximum Gasteiger partial charge on any atom is 0.262 e. The molecular formula is C17H14ClIN4O2. The van der Waals surface area contributed by atoms with Gasteiger partial charge in [0.2, 0.25) is 0 Å². The first-order valence-corrected chi connectivity index (χ1v) is 8.82. The van der Waals surface area contributed by atoms with Crippen LogP contribution in [0.3, 0.4) is 0 Å². The van der Waals surface area contributed by atoms with Crippen LogP contribution in [0.15, 0.2) is 49.1 Å². The van der Waals surface area contributed by atoms with Crippen LogP contribution in [-0.4, -0.2) is 27.3 Å². The van der Waals surface area contributed by atoms with Crippen LogP contribution in [0.5, 0.6) is 5.75 Å². The second-order valence-corrected chi connectivity index (χ2v) is 6.96. The summed E-state index contributed by atoms with van der Waals surface area (Å²) in [6.07, 6.45) is 3.07. The number of hydrogen-bond acceptors (Lipinski definition) is 4. The lowest BCUT2D eigenvalue weighted by atomic mass is 10.2. The van der Waals surface area contributed by atoms with Crippen molar-refractivity contribution < 1.29 is 9.53 Å². The molecule has 3 rings (SSSR count). The molecule has 0 aliphatic rings. The predicted octanol–water partition coefficient (Wildman–Crippen LogP) is 3.85. The Morgan fingerprint density at radius 1 is 1.24 bits per heavy atom. The highest BCUT2D eigenvalue weighted by Crippen LogP contribution is 2.26. The minimum atomic E-state index is -0.242. The number of benzene rings is 2. The van der Waals surface area contributed by atoms with E-state index in [1.165, 1.54) is 12.7 Å². The van der Waals surface area contributed by atoms with Crippen LogP contribution in [0.25, 0.3) is 5.69 Å². The molecule has 0 saturated carbocycles. The molecule has 8 heteroatoms. The summed E-state index contributed by atoms with van der Waals surface area (Å²) >= 11 is 8.27. The molecule has 0 saturated heterocycles. The lowest BCUT2D eigenvalue weighted by Crippen LogP contribution is -2.21. The average Bonchev–Trinajstić information content (AvgIpc) is 3.10. The van der Waals surface area contributed by atoms with E-state index in [0.29, 0.717) is 16.5 Å². The van der Waals surface area contributed by atoms with Crippen molar-refractivity contribution in [3.8, 4) is 11.4 Å². The Balaban J connectivity index is 1.70. The summed E-state index contributed by atoms with van der Waals surface area (Å²) in [7, 11) is 0. The van der Waals surface area contributed by atoms with Gasteiger partial charge in [-0.2, -0.15) is 0 Å². The molecule has 6 nitrogen and oxygen atoms in total. The average molecular weight is 469 g/mol. The van der Waals surface area contributed by atoms with Gasteiger partial charge in [-0.05, 0) is 71.5 Å². The van der Waals surface area contributed by atoms with Gasteiger partial charge in [0.1, 0.15) is 18.4 Å². The molecule has 0 aliphatic heterocycles. The van der Waals surface area contributed by atoms with Crippen molar-refractivity contribution >= 4 is 45.8 Å². The second kappa shape index (κ2) is 7.83. The van der Waals surface area contributed by atoms with E-state index in [-0.39, 0.29) is 12.5 Å². The minimum Gasteiger partial charge on any atom is -0.482 e. The maximum atomic E-state index is 12.2. The summed E-state index contributed by atoms with van der Waals surface area (Å²) in [4.78, 5) is 12.2. The van der Waals surface area contributed by atoms with Gasteiger partial charge in [-0.15, -0.1) is 10.2 Å². The van der Waals surface area contributed by atoms with E-state index in [4.69, 9.17) is 16.3 Å². The van der Waals surface area contributed by atoms with E-state index in [0.717, 1.165) is 14.8 Å². The predicted molar refractivity (Wildman–Crippen MR) is 104 cm³/mol. The summed E-state index contributed by atoms with van der Waals surface area (Å²) in [5.74, 6) is 0.271. The van der Waals surface area contributed by atoms with Gasteiger partial charge in [-0.3, -0.25) is 9.36 Å². The van der Waals surface area contributed by atoms with Crippen molar-refractivity contribution in [2.45, 2.75) is 6.92 Å². The van der Waals surface area contributed by atoms with Gasteiger partial charge in [0, 0.05) is 14.3 Å². The van der Waals surface area contributed by atoms with Crippen molar-refractivity contribution in [1.82, 2.24) is 14.8 Å². The first kappa shape index (κ1) is 17.7. The van der Waals surface area contributed by atoms with Crippen molar-refractivity contribution in [3.63, 3.8) is 0 Å². The van der Waals surface area contributed by atoms with Gasteiger partial charge >= 0.3 is 0 Å². The van der Waals surface area contributed by atoms with Gasteiger partial charge in [0.25, 0.3) is 5.91 Å². The molecule has 128 valence electrons. The molecule has 0 atom stereocenters. The molecule has 2 aromatic carbocycles. The maximum absolute atomic E-state index is 12.2. The number of anilines is 1. The van der Waals surface area contributed by atoms with Crippen LogP contribution < -0.4 is 10.1 Å². The smallest absolute Gasteiger partial charge is 0.262 e. The summed E-state index contributed by atoms with van der Waals surface area (Å²) in [6.45, 7) is 1.82. The molecule has 0 radical (unpaired) electrons. The number of amides is 1. The van der Waals surface area contributed by atoms with Gasteiger partial charge in [0.05, 0.1) is 5.69 Å². The van der Waals surface area contributed by atoms with E-state index in [9.17, 15) is 4.79 Å². The Labute approximate surface area is 163 Å². The van der Waals surface area contributed by atoms with Crippen molar-refractivity contribution in [1.29, 1.82) is 0 Å². The zero-order chi connectivity index (χ0) is 17.8. The van der Waals surface area contributed by atoms with Crippen LogP contribution in [0, 0.1) is 10.5 Å². The summed E-state index contributed by atoms with van der Waals surface area (Å²) < 4.78 is 8.45. The number of halogens is 2. The van der Waals surface area contributed by atoms with Gasteiger partial charge in [-0.25, -0.2) is 0 Å². The number of rotatable bonds is 5. The topological polar surface area (TPSA) is 69.0 Å². The number of nitrogens with one attached hydrogen (secondary N) is 1. The monoisotopic (exact) mass is 468 g/mol. The fourth-order valence-electron chi connectivity index (χ4n) is 2.24. The number of hydrogen-bond donors (Lipinski definition) is 1. The molecular weight excluding hydrogens is 455 g/mol. The summed E-state index contributed by atoms with van der Waals surface area (Å²) in [6, 6.07) is 10.9. The van der Waals surface area contributed by atoms with E-state index in [1.54, 1.807) is 22.8 Å². The molecule has 1 aromatic heterocycles. The van der Waals surface area contributed by atoms with E-state index < -0.39 is 0 Å². The number of ether oxygens (including phenoxy) is 1. The third-order valence-electron chi connectivity index (χ3n) is 3.44. The van der Waals surface area contributed by atoms with E-state index in [2.05, 4.69) is 38.1 Å². The summed E-state index contributed by atoms with van der Waals surface area (Å²) in [5, 5.41) is 10.9. The number of aryl methyl sites for hydroxylation is 1. The third kappa shape index (κ3) is 4.49. The lowest BCUT2D eigenvalue weighted by Gasteiger charge is -2.13. The Kier molecular flexibility index (Phi) is 5.54. The molecule has 25 heavy (non-hydrogen) atoms. The molecule has 1 heterocycles. The number of carbonyl (C=O) groups excluding carboxylic acids is 1. The number of carbonyl (C=O) groups is 1. The SMILES string of the molecule is Cc1cc(I)ccc1NC(=O)COc1ccc(Cl)cc1-n1cnnc1. The highest BCUT2D eigenvalue weighted by molar-refractivity contribution is 14.1. The number of nitrogens with zero attached hydrogens (tertiary/aromatic N) is 3. The minimum absolute atomic E-state index is 0.123. The van der Waals surface area contributed by atoms with Gasteiger partial charge in [-0.1, -0.05) is 11.6 Å². The molecule has 0 fully saturated rings. The number of aromatic nitrogens is 3. The molecule has 1 N–H and O–H groups in total. The molecule has 0 spiro atoms. The standard InChI is InChI=1S/C17H14ClIN4O2/c1-11-6-13(19)3-4-14(11)22-17(24)8-25-16-5-2-12(18)7-15(16)23-9-20-21-10-23/h2-7,9-10H,8H2,1H3,(H,22,24). The van der Waals surface area contributed by atoms with Crippen molar-refractivity contribution in [2.75, 3.05) is 11.9 Å². The highest BCUT2D eigenvalue weighted by Gasteiger charge is 2.11. The van der Waals surface area contributed by atoms with Gasteiger partial charge < -0.3 is 10.1 Å². The molecule has 0 aliphatic carbocycles. The van der Waals surface area contributed by atoms with Crippen molar-refractivity contribution in [3.05, 3.63) is 63.2 Å². The normalized spacial score (nSPS) is 10.5. The van der Waals surface area contributed by atoms with Crippen LogP contribution >= 0.6 is 34.2 Å². The van der Waals surface area contributed by atoms with E-state index >= 15 is 0 Å². The van der Waals surface area contributed by atoms with E-state index in [1.807, 2.05) is 25.1 Å². The Bertz CT molecular complexity index is 900. The largest absolute Gasteiger partial charge is 0.482 e. The Morgan fingerprint density at radius 2 is 2.00 bits per heavy atom. The fraction of sp³-hybridized carbons (Fsp3) is 0.118. The lowest BCUT2D eigenvalue weighted by molar-refractivity contribution is -0.118. The fourth-order valence-corrected chi connectivity index (χ4v) is 3.05. The zero-order valence-corrected chi connectivity index (χ0v) is 16.2. The summed E-state index contributed by atoms with van der Waals surface area (Å²) in [5.41, 5.74) is 2.43. The molecule has 3 aromatic rings. The molecule has 1 amide bonds. The van der Waals surface area contributed by atoms with Crippen LogP contribution in [0.4, 0.5) is 5.69 Å². The second-order valence-electron chi connectivity index (χ2n) is 5.28. The third-order valence-corrected chi connectivity index (χ3v) is 4.35. The van der Waals surface area contributed by atoms with Crippen LogP contribution in [0.2, 0.25) is 5.02 Å². The quantitative estimate of drug-likeness (QED) is 0.578. The Hall–Kier alpha value is -2.13. The van der Waals surface area contributed by atoms with Crippen LogP contribution in [0.1, 0.15) is 5.56 Å². The molecule has 0 unspecified atom stereocenters. The first-order valence-electron chi connectivity index (χ1n) is 7.36. The van der Waals surface area contributed by atoms with Crippen molar-refractivity contribution in [2.24, 2.45) is 0 Å². The van der Waals surface area contributed by atoms with Crippen LogP contribution in [-0.2, 0) is 4.79 Å². The first-order chi connectivity index (χ1) is 12.0. The highest BCUT2D eigenvalue weighted by atomic mass is 127. The molecule has 0 bridgehead atoms.